The number of fused-ring (bicyclic) bond motifs is 2. The van der Waals surface area contributed by atoms with E-state index in [1.165, 1.54) is 18.1 Å². The Morgan fingerprint density at radius 2 is 2.41 bits per heavy atom. The number of aryl methyl sites for hydroxylation is 1. The van der Waals surface area contributed by atoms with Crippen molar-refractivity contribution >= 4 is 23.5 Å². The Balaban J connectivity index is 2.12. The van der Waals surface area contributed by atoms with Crippen LogP contribution in [0.2, 0.25) is 0 Å². The summed E-state index contributed by atoms with van der Waals surface area (Å²) < 4.78 is 1.64. The molecule has 0 spiro atoms. The van der Waals surface area contributed by atoms with Crippen molar-refractivity contribution in [2.24, 2.45) is 0 Å². The molecular formula is C10H10N4O2S. The second-order valence-corrected chi connectivity index (χ2v) is 4.81. The maximum Gasteiger partial charge on any atom is 0.313 e. The van der Waals surface area contributed by atoms with Crippen LogP contribution in [-0.2, 0) is 17.6 Å². The molecule has 17 heavy (non-hydrogen) atoms. The minimum atomic E-state index is -0.827. The summed E-state index contributed by atoms with van der Waals surface area (Å²) in [5, 5.41) is 13.7. The Morgan fingerprint density at radius 1 is 1.53 bits per heavy atom. The molecule has 1 aliphatic rings. The summed E-state index contributed by atoms with van der Waals surface area (Å²) in [6.07, 6.45) is 4.40. The molecule has 0 atom stereocenters. The summed E-state index contributed by atoms with van der Waals surface area (Å²) in [5.74, 6) is -0.240. The average Bonchev–Trinajstić information content (AvgIpc) is 2.90. The number of aromatic nitrogens is 4. The van der Waals surface area contributed by atoms with Gasteiger partial charge >= 0.3 is 5.97 Å². The van der Waals surface area contributed by atoms with Crippen molar-refractivity contribution < 1.29 is 9.90 Å². The van der Waals surface area contributed by atoms with Crippen LogP contribution in [0.25, 0.3) is 5.78 Å². The SMILES string of the molecule is O=C(O)CSc1c2c(nc3ncnn13)CCC2. The molecule has 88 valence electrons. The maximum atomic E-state index is 10.7. The molecule has 1 aliphatic carbocycles. The molecule has 2 aromatic heterocycles. The fourth-order valence-electron chi connectivity index (χ4n) is 2.06. The fourth-order valence-corrected chi connectivity index (χ4v) is 2.97. The van der Waals surface area contributed by atoms with Crippen LogP contribution in [0.5, 0.6) is 0 Å². The Labute approximate surface area is 101 Å². The van der Waals surface area contributed by atoms with Crippen molar-refractivity contribution in [3.63, 3.8) is 0 Å². The molecule has 0 saturated carbocycles. The summed E-state index contributed by atoms with van der Waals surface area (Å²) in [7, 11) is 0. The molecular weight excluding hydrogens is 240 g/mol. The van der Waals surface area contributed by atoms with Crippen LogP contribution in [-0.4, -0.2) is 36.4 Å². The topological polar surface area (TPSA) is 80.4 Å². The highest BCUT2D eigenvalue weighted by atomic mass is 32.2. The summed E-state index contributed by atoms with van der Waals surface area (Å²) in [4.78, 5) is 19.2. The van der Waals surface area contributed by atoms with Crippen molar-refractivity contribution in [2.45, 2.75) is 24.3 Å². The van der Waals surface area contributed by atoms with E-state index in [2.05, 4.69) is 15.1 Å². The first-order valence-electron chi connectivity index (χ1n) is 5.32. The highest BCUT2D eigenvalue weighted by Gasteiger charge is 2.21. The number of hydrogen-bond acceptors (Lipinski definition) is 5. The molecule has 0 aliphatic heterocycles. The van der Waals surface area contributed by atoms with Crippen molar-refractivity contribution in [3.8, 4) is 0 Å². The van der Waals surface area contributed by atoms with E-state index in [-0.39, 0.29) is 5.75 Å². The number of thioether (sulfide) groups is 1. The molecule has 6 nitrogen and oxygen atoms in total. The zero-order valence-electron chi connectivity index (χ0n) is 8.96. The number of rotatable bonds is 3. The van der Waals surface area contributed by atoms with Gasteiger partial charge in [-0.1, -0.05) is 11.8 Å². The van der Waals surface area contributed by atoms with Gasteiger partial charge in [-0.05, 0) is 19.3 Å². The monoisotopic (exact) mass is 250 g/mol. The summed E-state index contributed by atoms with van der Waals surface area (Å²) in [5.41, 5.74) is 2.17. The molecule has 0 aromatic carbocycles. The number of carbonyl (C=O) groups is 1. The lowest BCUT2D eigenvalue weighted by Gasteiger charge is -2.07. The molecule has 0 radical (unpaired) electrons. The van der Waals surface area contributed by atoms with Gasteiger partial charge in [0.2, 0.25) is 0 Å². The molecule has 3 rings (SSSR count). The van der Waals surface area contributed by atoms with Gasteiger partial charge in [-0.25, -0.2) is 4.98 Å². The van der Waals surface area contributed by atoms with Crippen molar-refractivity contribution in [3.05, 3.63) is 17.6 Å². The van der Waals surface area contributed by atoms with E-state index in [9.17, 15) is 4.79 Å². The predicted molar refractivity (Wildman–Crippen MR) is 61.2 cm³/mol. The largest absolute Gasteiger partial charge is 0.481 e. The quantitative estimate of drug-likeness (QED) is 0.640. The van der Waals surface area contributed by atoms with Crippen molar-refractivity contribution in [1.29, 1.82) is 0 Å². The second kappa shape index (κ2) is 3.99. The lowest BCUT2D eigenvalue weighted by Crippen LogP contribution is -2.05. The smallest absolute Gasteiger partial charge is 0.313 e. The van der Waals surface area contributed by atoms with Crippen LogP contribution in [0.4, 0.5) is 0 Å². The Morgan fingerprint density at radius 3 is 3.24 bits per heavy atom. The number of hydrogen-bond donors (Lipinski definition) is 1. The van der Waals surface area contributed by atoms with E-state index in [1.54, 1.807) is 4.52 Å². The fraction of sp³-hybridized carbons (Fsp3) is 0.400. The summed E-state index contributed by atoms with van der Waals surface area (Å²) in [6, 6.07) is 0. The molecule has 0 fully saturated rings. The molecule has 7 heteroatoms. The lowest BCUT2D eigenvalue weighted by molar-refractivity contribution is -0.133. The van der Waals surface area contributed by atoms with Gasteiger partial charge < -0.3 is 5.11 Å². The van der Waals surface area contributed by atoms with Gasteiger partial charge in [-0.2, -0.15) is 14.6 Å². The highest BCUT2D eigenvalue weighted by molar-refractivity contribution is 7.99. The van der Waals surface area contributed by atoms with Gasteiger partial charge in [0.25, 0.3) is 5.78 Å². The third-order valence-corrected chi connectivity index (χ3v) is 3.82. The Bertz CT molecular complexity index is 595. The molecule has 0 amide bonds. The standard InChI is InChI=1S/C10H10N4O2S/c15-8(16)4-17-9-6-2-1-3-7(6)13-10-11-5-12-14(9)10/h5H,1-4H2,(H,15,16). The number of carboxylic acids is 1. The first-order valence-corrected chi connectivity index (χ1v) is 6.30. The van der Waals surface area contributed by atoms with Crippen LogP contribution >= 0.6 is 11.8 Å². The van der Waals surface area contributed by atoms with Crippen LogP contribution in [0.15, 0.2) is 11.4 Å². The predicted octanol–water partition coefficient (Wildman–Crippen LogP) is 0.790. The number of aliphatic carboxylic acids is 1. The van der Waals surface area contributed by atoms with E-state index in [1.807, 2.05) is 0 Å². The van der Waals surface area contributed by atoms with E-state index in [4.69, 9.17) is 5.11 Å². The highest BCUT2D eigenvalue weighted by Crippen LogP contribution is 2.30. The van der Waals surface area contributed by atoms with Crippen LogP contribution in [0, 0.1) is 0 Å². The maximum absolute atomic E-state index is 10.7. The third kappa shape index (κ3) is 1.76. The third-order valence-electron chi connectivity index (χ3n) is 2.74. The van der Waals surface area contributed by atoms with E-state index in [0.717, 1.165) is 35.5 Å². The minimum absolute atomic E-state index is 0.0331. The van der Waals surface area contributed by atoms with Crippen molar-refractivity contribution in [2.75, 3.05) is 5.75 Å². The first-order chi connectivity index (χ1) is 8.25. The van der Waals surface area contributed by atoms with Gasteiger partial charge in [0.05, 0.1) is 11.4 Å². The van der Waals surface area contributed by atoms with Crippen LogP contribution < -0.4 is 0 Å². The van der Waals surface area contributed by atoms with Gasteiger partial charge in [0.1, 0.15) is 11.4 Å². The zero-order valence-corrected chi connectivity index (χ0v) is 9.77. The number of carboxylic acid groups (broad SMARTS) is 1. The lowest BCUT2D eigenvalue weighted by atomic mass is 10.3. The zero-order chi connectivity index (χ0) is 11.8. The normalized spacial score (nSPS) is 14.1. The summed E-state index contributed by atoms with van der Waals surface area (Å²) >= 11 is 1.29. The molecule has 0 bridgehead atoms. The van der Waals surface area contributed by atoms with Gasteiger partial charge in [-0.3, -0.25) is 4.79 Å². The average molecular weight is 250 g/mol. The first kappa shape index (κ1) is 10.5. The van der Waals surface area contributed by atoms with E-state index in [0.29, 0.717) is 5.78 Å². The number of nitrogens with zero attached hydrogens (tertiary/aromatic N) is 4. The van der Waals surface area contributed by atoms with E-state index < -0.39 is 5.97 Å². The molecule has 0 unspecified atom stereocenters. The van der Waals surface area contributed by atoms with Crippen LogP contribution in [0.3, 0.4) is 0 Å². The molecule has 0 saturated heterocycles. The van der Waals surface area contributed by atoms with Gasteiger partial charge in [0.15, 0.2) is 0 Å². The van der Waals surface area contributed by atoms with E-state index >= 15 is 0 Å². The Kier molecular flexibility index (Phi) is 2.47. The second-order valence-electron chi connectivity index (χ2n) is 3.85. The minimum Gasteiger partial charge on any atom is -0.481 e. The summed E-state index contributed by atoms with van der Waals surface area (Å²) in [6.45, 7) is 0. The van der Waals surface area contributed by atoms with Crippen LogP contribution in [0.1, 0.15) is 17.7 Å². The van der Waals surface area contributed by atoms with Crippen molar-refractivity contribution in [1.82, 2.24) is 19.6 Å². The molecule has 2 heterocycles. The van der Waals surface area contributed by atoms with Gasteiger partial charge in [0, 0.05) is 5.56 Å². The molecule has 1 N–H and O–H groups in total. The van der Waals surface area contributed by atoms with Gasteiger partial charge in [-0.15, -0.1) is 0 Å². The Hall–Kier alpha value is -1.63. The molecule has 2 aromatic rings.